The fourth-order valence-corrected chi connectivity index (χ4v) is 3.00. The summed E-state index contributed by atoms with van der Waals surface area (Å²) in [5, 5.41) is 3.53. The lowest BCUT2D eigenvalue weighted by Crippen LogP contribution is -2.52. The molecular weight excluding hydrogens is 186 g/mol. The first-order chi connectivity index (χ1) is 7.18. The fourth-order valence-electron chi connectivity index (χ4n) is 3.00. The minimum absolute atomic E-state index is 0.0573. The third kappa shape index (κ3) is 2.31. The number of nitrogens with one attached hydrogen (secondary N) is 1. The zero-order valence-electron chi connectivity index (χ0n) is 9.59. The van der Waals surface area contributed by atoms with Crippen LogP contribution in [0.1, 0.15) is 45.4 Å². The molecule has 2 nitrogen and oxygen atoms in total. The zero-order valence-corrected chi connectivity index (χ0v) is 9.59. The summed E-state index contributed by atoms with van der Waals surface area (Å²) in [6.45, 7) is 5.56. The van der Waals surface area contributed by atoms with Crippen LogP contribution in [0.5, 0.6) is 0 Å². The molecule has 2 fully saturated rings. The Bertz CT molecular complexity index is 272. The number of fused-ring (bicyclic) bond motifs is 1. The number of rotatable bonds is 2. The second-order valence-corrected chi connectivity index (χ2v) is 5.09. The quantitative estimate of drug-likeness (QED) is 0.705. The summed E-state index contributed by atoms with van der Waals surface area (Å²) >= 11 is 0. The molecule has 0 aromatic carbocycles. The van der Waals surface area contributed by atoms with Crippen molar-refractivity contribution in [1.82, 2.24) is 5.32 Å². The van der Waals surface area contributed by atoms with Crippen LogP contribution in [0.15, 0.2) is 12.2 Å². The molecule has 0 aromatic rings. The van der Waals surface area contributed by atoms with Gasteiger partial charge in [0.15, 0.2) is 5.78 Å². The fraction of sp³-hybridized carbons (Fsp3) is 0.769. The predicted molar refractivity (Wildman–Crippen MR) is 61.7 cm³/mol. The Labute approximate surface area is 92.1 Å². The Kier molecular flexibility index (Phi) is 3.25. The lowest BCUT2D eigenvalue weighted by Gasteiger charge is -2.40. The smallest absolute Gasteiger partial charge is 0.174 e. The van der Waals surface area contributed by atoms with Gasteiger partial charge < -0.3 is 5.32 Å². The van der Waals surface area contributed by atoms with Crippen LogP contribution in [0, 0.1) is 5.92 Å². The van der Waals surface area contributed by atoms with E-state index in [0.717, 1.165) is 12.3 Å². The molecule has 2 aliphatic rings. The molecule has 2 heteroatoms. The average molecular weight is 207 g/mol. The second kappa shape index (κ2) is 4.48. The van der Waals surface area contributed by atoms with Gasteiger partial charge in [-0.05, 0) is 44.1 Å². The van der Waals surface area contributed by atoms with E-state index in [9.17, 15) is 4.79 Å². The Morgan fingerprint density at radius 3 is 2.67 bits per heavy atom. The maximum Gasteiger partial charge on any atom is 0.174 e. The van der Waals surface area contributed by atoms with Gasteiger partial charge in [-0.2, -0.15) is 0 Å². The van der Waals surface area contributed by atoms with Crippen molar-refractivity contribution in [2.75, 3.05) is 0 Å². The van der Waals surface area contributed by atoms with E-state index in [-0.39, 0.29) is 11.8 Å². The van der Waals surface area contributed by atoms with Gasteiger partial charge in [0.25, 0.3) is 0 Å². The van der Waals surface area contributed by atoms with Crippen molar-refractivity contribution in [2.24, 2.45) is 5.92 Å². The summed E-state index contributed by atoms with van der Waals surface area (Å²) in [6.07, 6.45) is 7.54. The van der Waals surface area contributed by atoms with E-state index in [1.54, 1.807) is 0 Å². The normalized spacial score (nSPS) is 35.7. The van der Waals surface area contributed by atoms with E-state index in [1.807, 2.05) is 6.92 Å². The van der Waals surface area contributed by atoms with Crippen LogP contribution in [0.3, 0.4) is 0 Å². The van der Waals surface area contributed by atoms with E-state index in [2.05, 4.69) is 11.9 Å². The average Bonchev–Trinajstić information content (AvgIpc) is 2.27. The van der Waals surface area contributed by atoms with Crippen molar-refractivity contribution in [3.63, 3.8) is 0 Å². The first-order valence-corrected chi connectivity index (χ1v) is 6.14. The van der Waals surface area contributed by atoms with Crippen molar-refractivity contribution < 1.29 is 4.79 Å². The van der Waals surface area contributed by atoms with Crippen LogP contribution in [0.2, 0.25) is 0 Å². The van der Waals surface area contributed by atoms with E-state index in [4.69, 9.17) is 0 Å². The number of carbonyl (C=O) groups excluding carboxylic acids is 1. The zero-order chi connectivity index (χ0) is 10.8. The summed E-state index contributed by atoms with van der Waals surface area (Å²) in [4.78, 5) is 11.8. The molecule has 2 rings (SSSR count). The summed E-state index contributed by atoms with van der Waals surface area (Å²) in [5.74, 6) is 1.05. The third-order valence-electron chi connectivity index (χ3n) is 3.89. The van der Waals surface area contributed by atoms with Crippen molar-refractivity contribution in [2.45, 2.75) is 57.5 Å². The largest absolute Gasteiger partial charge is 0.304 e. The lowest BCUT2D eigenvalue weighted by molar-refractivity contribution is -0.118. The highest BCUT2D eigenvalue weighted by Crippen LogP contribution is 2.32. The van der Waals surface area contributed by atoms with Crippen LogP contribution in [-0.2, 0) is 4.79 Å². The molecule has 1 saturated heterocycles. The van der Waals surface area contributed by atoms with Gasteiger partial charge in [-0.1, -0.05) is 19.4 Å². The van der Waals surface area contributed by atoms with E-state index >= 15 is 0 Å². The molecule has 3 unspecified atom stereocenters. The number of Topliss-reactive ketones (excluding diaryl/α,β-unsaturated/α-hetero) is 1. The van der Waals surface area contributed by atoms with Gasteiger partial charge in [0.1, 0.15) is 0 Å². The molecule has 1 aliphatic heterocycles. The third-order valence-corrected chi connectivity index (χ3v) is 3.89. The number of hydrogen-bond acceptors (Lipinski definition) is 2. The summed E-state index contributed by atoms with van der Waals surface area (Å²) in [5.41, 5.74) is 0.696. The molecule has 0 spiro atoms. The minimum atomic E-state index is 0.0573. The predicted octanol–water partition coefficient (Wildman–Crippen LogP) is 2.44. The van der Waals surface area contributed by atoms with Crippen LogP contribution in [0.4, 0.5) is 0 Å². The van der Waals surface area contributed by atoms with Gasteiger partial charge in [-0.15, -0.1) is 0 Å². The Hall–Kier alpha value is -0.630. The van der Waals surface area contributed by atoms with Crippen LogP contribution in [0.25, 0.3) is 0 Å². The molecule has 1 aliphatic carbocycles. The summed E-state index contributed by atoms with van der Waals surface area (Å²) < 4.78 is 0. The molecule has 0 bridgehead atoms. The number of piperidine rings is 1. The van der Waals surface area contributed by atoms with Crippen molar-refractivity contribution in [3.8, 4) is 0 Å². The van der Waals surface area contributed by atoms with Gasteiger partial charge >= 0.3 is 0 Å². The minimum Gasteiger partial charge on any atom is -0.304 e. The Morgan fingerprint density at radius 2 is 1.93 bits per heavy atom. The molecular formula is C13H21NO. The number of carbonyl (C=O) groups is 1. The molecule has 0 amide bonds. The molecule has 84 valence electrons. The van der Waals surface area contributed by atoms with Crippen molar-refractivity contribution in [1.29, 1.82) is 0 Å². The monoisotopic (exact) mass is 207 g/mol. The summed E-state index contributed by atoms with van der Waals surface area (Å²) in [6, 6.07) is 0.655. The molecule has 0 radical (unpaired) electrons. The van der Waals surface area contributed by atoms with Gasteiger partial charge in [0.2, 0.25) is 0 Å². The topological polar surface area (TPSA) is 29.1 Å². The molecule has 1 saturated carbocycles. The highest BCUT2D eigenvalue weighted by atomic mass is 16.1. The van der Waals surface area contributed by atoms with Crippen LogP contribution >= 0.6 is 0 Å². The lowest BCUT2D eigenvalue weighted by atomic mass is 9.77. The van der Waals surface area contributed by atoms with Crippen LogP contribution in [-0.4, -0.2) is 17.9 Å². The maximum atomic E-state index is 11.8. The summed E-state index contributed by atoms with van der Waals surface area (Å²) in [7, 11) is 0. The van der Waals surface area contributed by atoms with Crippen LogP contribution < -0.4 is 5.32 Å². The highest BCUT2D eigenvalue weighted by molar-refractivity contribution is 5.98. The first-order valence-electron chi connectivity index (χ1n) is 6.14. The molecule has 0 aromatic heterocycles. The standard InChI is InChI=1S/C13H21NO/c1-9(2)13(15)12-8-7-10-5-3-4-6-11(10)14-12/h10-12,14H,1,3-8H2,2H3. The molecule has 1 N–H and O–H groups in total. The van der Waals surface area contributed by atoms with E-state index in [1.165, 1.54) is 32.1 Å². The van der Waals surface area contributed by atoms with Crippen molar-refractivity contribution >= 4 is 5.78 Å². The second-order valence-electron chi connectivity index (χ2n) is 5.09. The Morgan fingerprint density at radius 1 is 1.20 bits per heavy atom. The molecule has 1 heterocycles. The number of hydrogen-bond donors (Lipinski definition) is 1. The molecule has 3 atom stereocenters. The van der Waals surface area contributed by atoms with Gasteiger partial charge in [0.05, 0.1) is 6.04 Å². The van der Waals surface area contributed by atoms with Gasteiger partial charge in [0, 0.05) is 6.04 Å². The maximum absolute atomic E-state index is 11.8. The van der Waals surface area contributed by atoms with E-state index < -0.39 is 0 Å². The first kappa shape index (κ1) is 10.9. The van der Waals surface area contributed by atoms with Crippen molar-refractivity contribution in [3.05, 3.63) is 12.2 Å². The number of ketones is 1. The van der Waals surface area contributed by atoms with Gasteiger partial charge in [-0.3, -0.25) is 4.79 Å². The highest BCUT2D eigenvalue weighted by Gasteiger charge is 2.34. The SMILES string of the molecule is C=C(C)C(=O)C1CCC2CCCCC2N1. The molecule has 15 heavy (non-hydrogen) atoms. The van der Waals surface area contributed by atoms with E-state index in [0.29, 0.717) is 11.6 Å². The Balaban J connectivity index is 1.96. The van der Waals surface area contributed by atoms with Gasteiger partial charge in [-0.25, -0.2) is 0 Å².